The van der Waals surface area contributed by atoms with E-state index >= 15 is 0 Å². The molecule has 2 aromatic carbocycles. The van der Waals surface area contributed by atoms with Crippen LogP contribution in [0.25, 0.3) is 16.6 Å². The average molecular weight is 408 g/mol. The van der Waals surface area contributed by atoms with E-state index < -0.39 is 16.7 Å². The number of thiazole rings is 1. The van der Waals surface area contributed by atoms with Crippen molar-refractivity contribution < 1.29 is 14.5 Å². The number of hydrogen-bond acceptors (Lipinski definition) is 6. The Hall–Kier alpha value is -3.85. The molecule has 146 valence electrons. The first kappa shape index (κ1) is 19.9. The molecule has 29 heavy (non-hydrogen) atoms. The molecule has 1 heterocycles. The Balaban J connectivity index is 1.61. The SMILES string of the molecule is Cc1nc(-c2ccccc2)sc1C(=O)NNC(=O)/C=C/c1cccc([N+](=O)[O-])c1. The zero-order valence-electron chi connectivity index (χ0n) is 15.3. The Kier molecular flexibility index (Phi) is 6.10. The average Bonchev–Trinajstić information content (AvgIpc) is 3.13. The van der Waals surface area contributed by atoms with E-state index in [0.717, 1.165) is 5.56 Å². The molecule has 2 amide bonds. The van der Waals surface area contributed by atoms with Crippen molar-refractivity contribution in [1.82, 2.24) is 15.8 Å². The molecular weight excluding hydrogens is 392 g/mol. The quantitative estimate of drug-likeness (QED) is 0.381. The zero-order valence-corrected chi connectivity index (χ0v) is 16.1. The summed E-state index contributed by atoms with van der Waals surface area (Å²) in [6.07, 6.45) is 2.59. The number of hydrogen-bond donors (Lipinski definition) is 2. The lowest BCUT2D eigenvalue weighted by atomic mass is 10.2. The number of benzene rings is 2. The first-order valence-corrected chi connectivity index (χ1v) is 9.31. The van der Waals surface area contributed by atoms with E-state index in [4.69, 9.17) is 0 Å². The number of hydrazine groups is 1. The number of amides is 2. The Morgan fingerprint density at radius 3 is 2.59 bits per heavy atom. The van der Waals surface area contributed by atoms with Crippen LogP contribution in [0.2, 0.25) is 0 Å². The molecule has 3 rings (SSSR count). The second kappa shape index (κ2) is 8.89. The van der Waals surface area contributed by atoms with Gasteiger partial charge in [-0.25, -0.2) is 4.98 Å². The predicted octanol–water partition coefficient (Wildman–Crippen LogP) is 3.50. The summed E-state index contributed by atoms with van der Waals surface area (Å²) in [5.41, 5.74) is 6.51. The third kappa shape index (κ3) is 5.11. The summed E-state index contributed by atoms with van der Waals surface area (Å²) in [5, 5.41) is 11.5. The number of nitro benzene ring substituents is 1. The van der Waals surface area contributed by atoms with Crippen LogP contribution in [-0.4, -0.2) is 21.7 Å². The molecule has 0 atom stereocenters. The van der Waals surface area contributed by atoms with E-state index in [1.807, 2.05) is 30.3 Å². The molecule has 0 spiro atoms. The van der Waals surface area contributed by atoms with Crippen molar-refractivity contribution in [3.8, 4) is 10.6 Å². The highest BCUT2D eigenvalue weighted by Gasteiger charge is 2.16. The largest absolute Gasteiger partial charge is 0.281 e. The number of nitrogens with one attached hydrogen (secondary N) is 2. The van der Waals surface area contributed by atoms with E-state index in [1.54, 1.807) is 13.0 Å². The molecule has 9 heteroatoms. The van der Waals surface area contributed by atoms with Gasteiger partial charge in [0.15, 0.2) is 0 Å². The molecule has 0 aliphatic heterocycles. The Bertz CT molecular complexity index is 1090. The fourth-order valence-electron chi connectivity index (χ4n) is 2.44. The highest BCUT2D eigenvalue weighted by molar-refractivity contribution is 7.17. The number of carbonyl (C=O) groups is 2. The molecule has 2 N–H and O–H groups in total. The smallest absolute Gasteiger partial charge is 0.268 e. The van der Waals surface area contributed by atoms with Crippen molar-refractivity contribution in [2.45, 2.75) is 6.92 Å². The van der Waals surface area contributed by atoms with Crippen molar-refractivity contribution in [2.75, 3.05) is 0 Å². The van der Waals surface area contributed by atoms with Crippen LogP contribution in [0, 0.1) is 17.0 Å². The summed E-state index contributed by atoms with van der Waals surface area (Å²) in [4.78, 5) is 39.3. The van der Waals surface area contributed by atoms with Gasteiger partial charge in [-0.05, 0) is 18.6 Å². The van der Waals surface area contributed by atoms with E-state index in [2.05, 4.69) is 15.8 Å². The van der Waals surface area contributed by atoms with Gasteiger partial charge in [0, 0.05) is 23.8 Å². The van der Waals surface area contributed by atoms with Crippen molar-refractivity contribution in [3.63, 3.8) is 0 Å². The highest BCUT2D eigenvalue weighted by Crippen LogP contribution is 2.27. The van der Waals surface area contributed by atoms with E-state index in [9.17, 15) is 19.7 Å². The fraction of sp³-hybridized carbons (Fsp3) is 0.0500. The molecular formula is C20H16N4O4S. The topological polar surface area (TPSA) is 114 Å². The van der Waals surface area contributed by atoms with Crippen LogP contribution >= 0.6 is 11.3 Å². The van der Waals surface area contributed by atoms with Gasteiger partial charge in [0.25, 0.3) is 17.5 Å². The van der Waals surface area contributed by atoms with Crippen molar-refractivity contribution >= 4 is 34.9 Å². The lowest BCUT2D eigenvalue weighted by molar-refractivity contribution is -0.384. The molecule has 1 aromatic heterocycles. The first-order valence-electron chi connectivity index (χ1n) is 8.50. The highest BCUT2D eigenvalue weighted by atomic mass is 32.1. The Morgan fingerprint density at radius 1 is 1.10 bits per heavy atom. The second-order valence-electron chi connectivity index (χ2n) is 5.93. The molecule has 8 nitrogen and oxygen atoms in total. The maximum Gasteiger partial charge on any atom is 0.281 e. The van der Waals surface area contributed by atoms with Gasteiger partial charge in [-0.3, -0.25) is 30.6 Å². The van der Waals surface area contributed by atoms with Crippen molar-refractivity contribution in [2.24, 2.45) is 0 Å². The Labute approximate surface area is 170 Å². The van der Waals surface area contributed by atoms with E-state index in [1.165, 1.54) is 41.7 Å². The van der Waals surface area contributed by atoms with Crippen molar-refractivity contribution in [3.05, 3.63) is 86.9 Å². The lowest BCUT2D eigenvalue weighted by Gasteiger charge is -2.03. The van der Waals surface area contributed by atoms with E-state index in [0.29, 0.717) is 21.1 Å². The van der Waals surface area contributed by atoms with Gasteiger partial charge < -0.3 is 0 Å². The third-order valence-electron chi connectivity index (χ3n) is 3.83. The summed E-state index contributed by atoms with van der Waals surface area (Å²) >= 11 is 1.23. The molecule has 0 radical (unpaired) electrons. The fourth-order valence-corrected chi connectivity index (χ4v) is 3.41. The first-order chi connectivity index (χ1) is 13.9. The number of aryl methyl sites for hydroxylation is 1. The lowest BCUT2D eigenvalue weighted by Crippen LogP contribution is -2.40. The molecule has 0 aliphatic rings. The normalized spacial score (nSPS) is 10.7. The van der Waals surface area contributed by atoms with E-state index in [-0.39, 0.29) is 5.69 Å². The second-order valence-corrected chi connectivity index (χ2v) is 6.93. The Morgan fingerprint density at radius 2 is 1.86 bits per heavy atom. The molecule has 0 unspecified atom stereocenters. The van der Waals surface area contributed by atoms with Crippen LogP contribution in [0.3, 0.4) is 0 Å². The molecule has 0 aliphatic carbocycles. The minimum atomic E-state index is -0.574. The third-order valence-corrected chi connectivity index (χ3v) is 5.04. The minimum Gasteiger partial charge on any atom is -0.268 e. The number of rotatable bonds is 5. The van der Waals surface area contributed by atoms with Gasteiger partial charge in [0.2, 0.25) is 0 Å². The molecule has 0 saturated heterocycles. The molecule has 3 aromatic rings. The maximum atomic E-state index is 12.4. The van der Waals surface area contributed by atoms with Crippen molar-refractivity contribution in [1.29, 1.82) is 0 Å². The minimum absolute atomic E-state index is 0.0734. The van der Waals surface area contributed by atoms with Crippen LogP contribution < -0.4 is 10.9 Å². The zero-order chi connectivity index (χ0) is 20.8. The van der Waals surface area contributed by atoms with Crippen LogP contribution in [0.1, 0.15) is 20.9 Å². The summed E-state index contributed by atoms with van der Waals surface area (Å²) in [6, 6.07) is 15.3. The van der Waals surface area contributed by atoms with Gasteiger partial charge in [-0.1, -0.05) is 42.5 Å². The van der Waals surface area contributed by atoms with Crippen LogP contribution in [-0.2, 0) is 4.79 Å². The summed E-state index contributed by atoms with van der Waals surface area (Å²) in [5.74, 6) is -1.05. The predicted molar refractivity (Wildman–Crippen MR) is 110 cm³/mol. The maximum absolute atomic E-state index is 12.4. The summed E-state index contributed by atoms with van der Waals surface area (Å²) < 4.78 is 0. The number of nitrogens with zero attached hydrogens (tertiary/aromatic N) is 2. The molecule has 0 saturated carbocycles. The van der Waals surface area contributed by atoms with Gasteiger partial charge in [-0.2, -0.15) is 0 Å². The van der Waals surface area contributed by atoms with Gasteiger partial charge in [0.1, 0.15) is 9.88 Å². The van der Waals surface area contributed by atoms with Crippen LogP contribution in [0.15, 0.2) is 60.7 Å². The molecule has 0 bridgehead atoms. The number of aromatic nitrogens is 1. The van der Waals surface area contributed by atoms with Gasteiger partial charge >= 0.3 is 0 Å². The standard InChI is InChI=1S/C20H16N4O4S/c1-13-18(29-20(21-13)15-7-3-2-4-8-15)19(26)23-22-17(25)11-10-14-6-5-9-16(12-14)24(27)28/h2-12H,1H3,(H,22,25)(H,23,26)/b11-10+. The van der Waals surface area contributed by atoms with Gasteiger partial charge in [-0.15, -0.1) is 11.3 Å². The van der Waals surface area contributed by atoms with Crippen LogP contribution in [0.4, 0.5) is 5.69 Å². The van der Waals surface area contributed by atoms with Gasteiger partial charge in [0.05, 0.1) is 10.6 Å². The summed E-state index contributed by atoms with van der Waals surface area (Å²) in [7, 11) is 0. The number of non-ortho nitro benzene ring substituents is 1. The number of nitro groups is 1. The molecule has 0 fully saturated rings. The monoisotopic (exact) mass is 408 g/mol. The number of carbonyl (C=O) groups excluding carboxylic acids is 2. The van der Waals surface area contributed by atoms with Crippen LogP contribution in [0.5, 0.6) is 0 Å². The summed E-state index contributed by atoms with van der Waals surface area (Å²) in [6.45, 7) is 1.72.